The highest BCUT2D eigenvalue weighted by Crippen LogP contribution is 2.24. The number of para-hydroxylation sites is 1. The van der Waals surface area contributed by atoms with Gasteiger partial charge < -0.3 is 14.8 Å². The average Bonchev–Trinajstić information content (AvgIpc) is 3.05. The van der Waals surface area contributed by atoms with E-state index >= 15 is 0 Å². The molecule has 0 bridgehead atoms. The van der Waals surface area contributed by atoms with Gasteiger partial charge in [-0.05, 0) is 29.7 Å². The van der Waals surface area contributed by atoms with Crippen LogP contribution < -0.4 is 5.32 Å². The van der Waals surface area contributed by atoms with Crippen molar-refractivity contribution in [2.45, 2.75) is 26.9 Å². The van der Waals surface area contributed by atoms with Crippen molar-refractivity contribution in [1.82, 2.24) is 14.8 Å². The number of nitrogens with one attached hydrogen (secondary N) is 1. The molecule has 5 heteroatoms. The molecule has 0 spiro atoms. The minimum absolute atomic E-state index is 0.00548. The zero-order valence-corrected chi connectivity index (χ0v) is 16.9. The molecule has 2 amide bonds. The highest BCUT2D eigenvalue weighted by Gasteiger charge is 2.19. The molecule has 146 valence electrons. The predicted molar refractivity (Wildman–Crippen MR) is 112 cm³/mol. The first-order chi connectivity index (χ1) is 13.4. The zero-order valence-electron chi connectivity index (χ0n) is 16.9. The third-order valence-corrected chi connectivity index (χ3v) is 4.79. The van der Waals surface area contributed by atoms with Crippen LogP contribution in [0.15, 0.2) is 54.7 Å². The van der Waals surface area contributed by atoms with Gasteiger partial charge in [0.25, 0.3) is 11.8 Å². The van der Waals surface area contributed by atoms with Crippen molar-refractivity contribution in [1.29, 1.82) is 0 Å². The van der Waals surface area contributed by atoms with Crippen LogP contribution in [0.3, 0.4) is 0 Å². The SMILES string of the molecule is CNC(=O)c1ccc(CN(C)C(=O)c2cn(CC(C)C)c3ccccc23)cc1. The Morgan fingerprint density at radius 3 is 2.39 bits per heavy atom. The summed E-state index contributed by atoms with van der Waals surface area (Å²) in [6.45, 7) is 5.70. The van der Waals surface area contributed by atoms with Gasteiger partial charge in [0.1, 0.15) is 0 Å². The lowest BCUT2D eigenvalue weighted by molar-refractivity contribution is 0.0786. The molecule has 0 saturated heterocycles. The molecular weight excluding hydrogens is 350 g/mol. The van der Waals surface area contributed by atoms with Crippen molar-refractivity contribution < 1.29 is 9.59 Å². The number of carbonyl (C=O) groups excluding carboxylic acids is 2. The molecule has 5 nitrogen and oxygen atoms in total. The molecule has 0 fully saturated rings. The second-order valence-electron chi connectivity index (χ2n) is 7.54. The van der Waals surface area contributed by atoms with Gasteiger partial charge in [-0.2, -0.15) is 0 Å². The molecule has 0 radical (unpaired) electrons. The summed E-state index contributed by atoms with van der Waals surface area (Å²) in [6.07, 6.45) is 1.97. The largest absolute Gasteiger partial charge is 0.355 e. The van der Waals surface area contributed by atoms with Crippen LogP contribution in [0.4, 0.5) is 0 Å². The Morgan fingerprint density at radius 2 is 1.75 bits per heavy atom. The Balaban J connectivity index is 1.82. The molecule has 1 heterocycles. The van der Waals surface area contributed by atoms with Crippen molar-refractivity contribution in [3.63, 3.8) is 0 Å². The second kappa shape index (κ2) is 8.30. The number of carbonyl (C=O) groups is 2. The van der Waals surface area contributed by atoms with Gasteiger partial charge in [-0.3, -0.25) is 9.59 Å². The number of aromatic nitrogens is 1. The minimum atomic E-state index is -0.117. The molecular formula is C23H27N3O2. The van der Waals surface area contributed by atoms with Gasteiger partial charge in [0, 0.05) is 49.8 Å². The normalized spacial score (nSPS) is 11.0. The van der Waals surface area contributed by atoms with Crippen LogP contribution in [-0.4, -0.2) is 35.4 Å². The fourth-order valence-electron chi connectivity index (χ4n) is 3.42. The third-order valence-electron chi connectivity index (χ3n) is 4.79. The van der Waals surface area contributed by atoms with Gasteiger partial charge >= 0.3 is 0 Å². The summed E-state index contributed by atoms with van der Waals surface area (Å²) in [6, 6.07) is 15.4. The third kappa shape index (κ3) is 4.09. The number of rotatable bonds is 6. The van der Waals surface area contributed by atoms with Crippen LogP contribution >= 0.6 is 0 Å². The maximum absolute atomic E-state index is 13.1. The molecule has 3 aromatic rings. The summed E-state index contributed by atoms with van der Waals surface area (Å²) in [4.78, 5) is 26.5. The van der Waals surface area contributed by atoms with Crippen molar-refractivity contribution in [3.8, 4) is 0 Å². The van der Waals surface area contributed by atoms with E-state index in [9.17, 15) is 9.59 Å². The molecule has 0 saturated carbocycles. The predicted octanol–water partition coefficient (Wildman–Crippen LogP) is 3.93. The summed E-state index contributed by atoms with van der Waals surface area (Å²) < 4.78 is 2.17. The molecule has 1 aromatic heterocycles. The monoisotopic (exact) mass is 377 g/mol. The highest BCUT2D eigenvalue weighted by atomic mass is 16.2. The van der Waals surface area contributed by atoms with Gasteiger partial charge in [0.15, 0.2) is 0 Å². The van der Waals surface area contributed by atoms with Crippen LogP contribution in [0.5, 0.6) is 0 Å². The van der Waals surface area contributed by atoms with E-state index in [0.29, 0.717) is 18.0 Å². The van der Waals surface area contributed by atoms with Gasteiger partial charge in [-0.15, -0.1) is 0 Å². The lowest BCUT2D eigenvalue weighted by atomic mass is 10.1. The van der Waals surface area contributed by atoms with Crippen LogP contribution in [0, 0.1) is 5.92 Å². The van der Waals surface area contributed by atoms with Crippen molar-refractivity contribution in [3.05, 3.63) is 71.4 Å². The van der Waals surface area contributed by atoms with Crippen molar-refractivity contribution in [2.75, 3.05) is 14.1 Å². The van der Waals surface area contributed by atoms with Gasteiger partial charge in [0.2, 0.25) is 0 Å². The second-order valence-corrected chi connectivity index (χ2v) is 7.54. The van der Waals surface area contributed by atoms with E-state index in [2.05, 4.69) is 29.8 Å². The number of hydrogen-bond acceptors (Lipinski definition) is 2. The Bertz CT molecular complexity index is 987. The van der Waals surface area contributed by atoms with E-state index in [4.69, 9.17) is 0 Å². The van der Waals surface area contributed by atoms with Crippen LogP contribution in [-0.2, 0) is 13.1 Å². The fraction of sp³-hybridized carbons (Fsp3) is 0.304. The average molecular weight is 377 g/mol. The van der Waals surface area contributed by atoms with E-state index in [-0.39, 0.29) is 11.8 Å². The molecule has 0 atom stereocenters. The molecule has 0 aliphatic heterocycles. The molecule has 0 aliphatic rings. The van der Waals surface area contributed by atoms with Crippen LogP contribution in [0.1, 0.15) is 40.1 Å². The lowest BCUT2D eigenvalue weighted by Crippen LogP contribution is -2.26. The molecule has 0 aliphatic carbocycles. The summed E-state index contributed by atoms with van der Waals surface area (Å²) in [5.41, 5.74) is 3.40. The van der Waals surface area contributed by atoms with E-state index in [1.165, 1.54) is 0 Å². The van der Waals surface area contributed by atoms with E-state index < -0.39 is 0 Å². The first-order valence-corrected chi connectivity index (χ1v) is 9.55. The number of benzene rings is 2. The van der Waals surface area contributed by atoms with E-state index in [0.717, 1.165) is 28.6 Å². The standard InChI is InChI=1S/C23H27N3O2/c1-16(2)13-26-15-20(19-7-5-6-8-21(19)26)23(28)25(4)14-17-9-11-18(12-10-17)22(27)24-3/h5-12,15-16H,13-14H2,1-4H3,(H,24,27). The van der Waals surface area contributed by atoms with Gasteiger partial charge in [0.05, 0.1) is 5.56 Å². The van der Waals surface area contributed by atoms with E-state index in [1.54, 1.807) is 24.1 Å². The lowest BCUT2D eigenvalue weighted by Gasteiger charge is -2.17. The van der Waals surface area contributed by atoms with Crippen molar-refractivity contribution in [2.24, 2.45) is 5.92 Å². The Kier molecular flexibility index (Phi) is 5.83. The summed E-state index contributed by atoms with van der Waals surface area (Å²) in [5, 5.41) is 3.59. The van der Waals surface area contributed by atoms with Crippen molar-refractivity contribution >= 4 is 22.7 Å². The molecule has 2 aromatic carbocycles. The summed E-state index contributed by atoms with van der Waals surface area (Å²) in [7, 11) is 3.42. The number of fused-ring (bicyclic) bond motifs is 1. The number of hydrogen-bond donors (Lipinski definition) is 1. The van der Waals surface area contributed by atoms with Crippen LogP contribution in [0.2, 0.25) is 0 Å². The quantitative estimate of drug-likeness (QED) is 0.708. The first-order valence-electron chi connectivity index (χ1n) is 9.55. The molecule has 0 unspecified atom stereocenters. The number of nitrogens with zero attached hydrogens (tertiary/aromatic N) is 2. The van der Waals surface area contributed by atoms with Gasteiger partial charge in [-0.1, -0.05) is 44.2 Å². The van der Waals surface area contributed by atoms with Gasteiger partial charge in [-0.25, -0.2) is 0 Å². The Labute approximate surface area is 166 Å². The number of amides is 2. The van der Waals surface area contributed by atoms with E-state index in [1.807, 2.05) is 43.6 Å². The molecule has 3 rings (SSSR count). The maximum Gasteiger partial charge on any atom is 0.256 e. The molecule has 28 heavy (non-hydrogen) atoms. The first kappa shape index (κ1) is 19.7. The highest BCUT2D eigenvalue weighted by molar-refractivity contribution is 6.06. The van der Waals surface area contributed by atoms with Crippen LogP contribution in [0.25, 0.3) is 10.9 Å². The summed E-state index contributed by atoms with van der Waals surface area (Å²) in [5.74, 6) is 0.373. The topological polar surface area (TPSA) is 54.3 Å². The Morgan fingerprint density at radius 1 is 1.07 bits per heavy atom. The maximum atomic E-state index is 13.1. The smallest absolute Gasteiger partial charge is 0.256 e. The molecule has 1 N–H and O–H groups in total. The Hall–Kier alpha value is -3.08. The zero-order chi connectivity index (χ0) is 20.3. The minimum Gasteiger partial charge on any atom is -0.355 e. The fourth-order valence-corrected chi connectivity index (χ4v) is 3.42. The summed E-state index contributed by atoms with van der Waals surface area (Å²) >= 11 is 0.